The monoisotopic (exact) mass is 653 g/mol. The van der Waals surface area contributed by atoms with Gasteiger partial charge in [-0.1, -0.05) is 60.5 Å². The first-order valence-corrected chi connectivity index (χ1v) is 15.7. The lowest BCUT2D eigenvalue weighted by molar-refractivity contribution is -0.144. The van der Waals surface area contributed by atoms with Gasteiger partial charge in [-0.25, -0.2) is 13.4 Å². The number of hydrogen-bond acceptors (Lipinski definition) is 5. The van der Waals surface area contributed by atoms with E-state index in [4.69, 9.17) is 32.9 Å². The largest absolute Gasteiger partial charge is 0.511 e. The molecule has 1 aromatic heterocycles. The van der Waals surface area contributed by atoms with Gasteiger partial charge in [-0.2, -0.15) is 17.5 Å². The number of alkyl halides is 3. The van der Waals surface area contributed by atoms with Crippen molar-refractivity contribution in [3.05, 3.63) is 99.3 Å². The molecule has 0 bridgehead atoms. The van der Waals surface area contributed by atoms with Crippen LogP contribution in [0.4, 0.5) is 13.2 Å². The second-order valence-electron chi connectivity index (χ2n) is 10.3. The highest BCUT2D eigenvalue weighted by Gasteiger charge is 2.51. The normalized spacial score (nSPS) is 15.6. The van der Waals surface area contributed by atoms with Gasteiger partial charge in [0.25, 0.3) is 0 Å². The fourth-order valence-corrected chi connectivity index (χ4v) is 7.16. The number of esters is 1. The number of hydrogen-bond donors (Lipinski definition) is 0. The van der Waals surface area contributed by atoms with E-state index in [9.17, 15) is 26.4 Å². The van der Waals surface area contributed by atoms with Crippen LogP contribution in [0.25, 0.3) is 11.0 Å². The van der Waals surface area contributed by atoms with Gasteiger partial charge in [0.05, 0.1) is 18.1 Å². The third-order valence-corrected chi connectivity index (χ3v) is 10.1. The van der Waals surface area contributed by atoms with E-state index in [0.717, 1.165) is 0 Å². The Morgan fingerprint density at radius 3 is 1.91 bits per heavy atom. The van der Waals surface area contributed by atoms with E-state index in [1.54, 1.807) is 60.7 Å². The summed E-state index contributed by atoms with van der Waals surface area (Å²) in [6, 6.07) is 18.9. The molecule has 0 atom stereocenters. The standard InChI is InChI=1S/C30H28Cl2F3N3O4S/c1-3-27-36-25-13-8-21(18-26(25)38(27)24-14-16-37(17-15-24)43(40,41)30(33,34)35)29(28(39)42-2,19-4-9-22(31)10-5-19)20-6-11-23(32)12-7-20/h4-13,18,24H,3,14-17H2,1-2H3. The SMILES string of the molecule is CCc1nc2ccc(C(C(=O)OC)(c3ccc(Cl)cc3)c3ccc(Cl)cc3)cc2n1C1CCN(S(=O)(=O)C(F)(F)F)CC1. The Morgan fingerprint density at radius 2 is 1.44 bits per heavy atom. The first-order valence-electron chi connectivity index (χ1n) is 13.5. The van der Waals surface area contributed by atoms with Crippen LogP contribution in [0.3, 0.4) is 0 Å². The molecule has 0 amide bonds. The average Bonchev–Trinajstić information content (AvgIpc) is 3.36. The van der Waals surface area contributed by atoms with Crippen LogP contribution in [0.15, 0.2) is 66.7 Å². The minimum absolute atomic E-state index is 0.161. The number of imidazole rings is 1. The number of halogens is 5. The van der Waals surface area contributed by atoms with Crippen molar-refractivity contribution < 1.29 is 31.1 Å². The molecule has 43 heavy (non-hydrogen) atoms. The summed E-state index contributed by atoms with van der Waals surface area (Å²) >= 11 is 12.4. The second kappa shape index (κ2) is 11.8. The van der Waals surface area contributed by atoms with Crippen LogP contribution in [-0.2, 0) is 31.4 Å². The summed E-state index contributed by atoms with van der Waals surface area (Å²) in [5.74, 6) is 0.148. The van der Waals surface area contributed by atoms with Gasteiger partial charge >= 0.3 is 21.5 Å². The number of piperidine rings is 1. The van der Waals surface area contributed by atoms with E-state index in [1.807, 2.05) is 17.6 Å². The molecule has 3 aromatic carbocycles. The van der Waals surface area contributed by atoms with Gasteiger partial charge in [0, 0.05) is 35.6 Å². The molecule has 0 unspecified atom stereocenters. The van der Waals surface area contributed by atoms with Gasteiger partial charge < -0.3 is 9.30 Å². The van der Waals surface area contributed by atoms with Gasteiger partial charge in [0.1, 0.15) is 11.2 Å². The molecule has 0 spiro atoms. The fourth-order valence-electron chi connectivity index (χ4n) is 5.93. The van der Waals surface area contributed by atoms with Gasteiger partial charge in [-0.05, 0) is 65.9 Å². The summed E-state index contributed by atoms with van der Waals surface area (Å²) in [4.78, 5) is 18.7. The molecule has 7 nitrogen and oxygen atoms in total. The van der Waals surface area contributed by atoms with Crippen LogP contribution in [0.1, 0.15) is 48.3 Å². The maximum absolute atomic E-state index is 13.9. The molecule has 1 aliphatic heterocycles. The molecule has 13 heteroatoms. The number of sulfonamides is 1. The van der Waals surface area contributed by atoms with Gasteiger partial charge in [0.15, 0.2) is 0 Å². The van der Waals surface area contributed by atoms with E-state index < -0.39 is 26.9 Å². The van der Waals surface area contributed by atoms with Gasteiger partial charge in [-0.3, -0.25) is 4.79 Å². The van der Waals surface area contributed by atoms with E-state index in [-0.39, 0.29) is 32.0 Å². The van der Waals surface area contributed by atoms with Crippen LogP contribution in [0.5, 0.6) is 0 Å². The van der Waals surface area contributed by atoms with Crippen molar-refractivity contribution in [3.63, 3.8) is 0 Å². The molecular weight excluding hydrogens is 626 g/mol. The van der Waals surface area contributed by atoms with Crippen molar-refractivity contribution in [2.24, 2.45) is 0 Å². The molecule has 1 aliphatic rings. The number of benzene rings is 3. The zero-order valence-electron chi connectivity index (χ0n) is 23.2. The molecular formula is C30H28Cl2F3N3O4S. The number of carbonyl (C=O) groups excluding carboxylic acids is 1. The lowest BCUT2D eigenvalue weighted by Gasteiger charge is -2.34. The number of carbonyl (C=O) groups is 1. The molecule has 2 heterocycles. The van der Waals surface area contributed by atoms with Crippen LogP contribution >= 0.6 is 23.2 Å². The topological polar surface area (TPSA) is 81.5 Å². The molecule has 0 radical (unpaired) electrons. The Labute approximate surface area is 257 Å². The molecule has 228 valence electrons. The molecule has 0 aliphatic carbocycles. The van der Waals surface area contributed by atoms with E-state index in [1.165, 1.54) is 7.11 Å². The quantitative estimate of drug-likeness (QED) is 0.160. The predicted octanol–water partition coefficient (Wildman–Crippen LogP) is 6.90. The number of methoxy groups -OCH3 is 1. The van der Waals surface area contributed by atoms with E-state index in [0.29, 0.717) is 54.3 Å². The Balaban J connectivity index is 1.68. The molecule has 1 fully saturated rings. The molecule has 0 saturated carbocycles. The van der Waals surface area contributed by atoms with E-state index >= 15 is 0 Å². The van der Waals surface area contributed by atoms with Crippen LogP contribution in [0, 0.1) is 0 Å². The minimum atomic E-state index is -5.42. The van der Waals surface area contributed by atoms with Crippen molar-refractivity contribution >= 4 is 50.2 Å². The maximum atomic E-state index is 13.9. The van der Waals surface area contributed by atoms with Crippen molar-refractivity contribution in [2.75, 3.05) is 20.2 Å². The summed E-state index contributed by atoms with van der Waals surface area (Å²) in [5.41, 5.74) is -3.73. The number of ether oxygens (including phenoxy) is 1. The smallest absolute Gasteiger partial charge is 0.468 e. The maximum Gasteiger partial charge on any atom is 0.511 e. The Morgan fingerprint density at radius 1 is 0.930 bits per heavy atom. The zero-order valence-corrected chi connectivity index (χ0v) is 25.6. The van der Waals surface area contributed by atoms with Gasteiger partial charge in [0.2, 0.25) is 0 Å². The Bertz CT molecular complexity index is 1700. The fraction of sp³-hybridized carbons (Fsp3) is 0.333. The van der Waals surface area contributed by atoms with Crippen LogP contribution in [-0.4, -0.2) is 54.0 Å². The van der Waals surface area contributed by atoms with Crippen LogP contribution < -0.4 is 0 Å². The minimum Gasteiger partial charge on any atom is -0.468 e. The zero-order chi connectivity index (χ0) is 31.2. The first-order chi connectivity index (χ1) is 20.3. The summed E-state index contributed by atoms with van der Waals surface area (Å²) in [6.45, 7) is 1.36. The summed E-state index contributed by atoms with van der Waals surface area (Å²) in [6.07, 6.45) is 0.852. The highest BCUT2D eigenvalue weighted by Crippen LogP contribution is 2.43. The summed E-state index contributed by atoms with van der Waals surface area (Å²) < 4.78 is 71.5. The number of nitrogens with zero attached hydrogens (tertiary/aromatic N) is 3. The number of aryl methyl sites for hydroxylation is 1. The predicted molar refractivity (Wildman–Crippen MR) is 159 cm³/mol. The molecule has 4 aromatic rings. The lowest BCUT2D eigenvalue weighted by atomic mass is 9.69. The molecule has 5 rings (SSSR count). The van der Waals surface area contributed by atoms with Crippen molar-refractivity contribution in [3.8, 4) is 0 Å². The molecule has 0 N–H and O–H groups in total. The summed E-state index contributed by atoms with van der Waals surface area (Å²) in [7, 11) is -4.11. The van der Waals surface area contributed by atoms with E-state index in [2.05, 4.69) is 0 Å². The Kier molecular flexibility index (Phi) is 8.56. The highest BCUT2D eigenvalue weighted by molar-refractivity contribution is 7.90. The number of aromatic nitrogens is 2. The Hall–Kier alpha value is -3.12. The van der Waals surface area contributed by atoms with Crippen molar-refractivity contribution in [2.45, 2.75) is 43.2 Å². The average molecular weight is 655 g/mol. The van der Waals surface area contributed by atoms with Gasteiger partial charge in [-0.15, -0.1) is 0 Å². The molecule has 1 saturated heterocycles. The second-order valence-corrected chi connectivity index (χ2v) is 13.1. The van der Waals surface area contributed by atoms with Crippen LogP contribution in [0.2, 0.25) is 10.0 Å². The number of rotatable bonds is 7. The first kappa shape index (κ1) is 31.3. The van der Waals surface area contributed by atoms with Crippen molar-refractivity contribution in [1.29, 1.82) is 0 Å². The lowest BCUT2D eigenvalue weighted by Crippen LogP contribution is -2.45. The number of fused-ring (bicyclic) bond motifs is 1. The van der Waals surface area contributed by atoms with Crippen molar-refractivity contribution in [1.82, 2.24) is 13.9 Å². The summed E-state index contributed by atoms with van der Waals surface area (Å²) in [5, 5.41) is 0.970. The highest BCUT2D eigenvalue weighted by atomic mass is 35.5. The third-order valence-electron chi connectivity index (χ3n) is 7.98. The third kappa shape index (κ3) is 5.41.